The Balaban J connectivity index is 1.77. The van der Waals surface area contributed by atoms with Crippen LogP contribution in [0, 0.1) is 0 Å². The van der Waals surface area contributed by atoms with Crippen LogP contribution in [0.15, 0.2) is 32.7 Å². The standard InChI is InChI=1S/C24H32ClN5O6S/c1-4-9-30-22-19(25)20(27-21(22)23(31)28(3)24(30)32)17-15-16(6-7-18(17)36-5-2)37(33,34)26-8-10-29-11-13-35-14-12-29/h6-7,15,26-27H,4-5,8-14H2,1-3H3. The minimum Gasteiger partial charge on any atom is -0.493 e. The van der Waals surface area contributed by atoms with Gasteiger partial charge in [-0.3, -0.25) is 18.8 Å². The van der Waals surface area contributed by atoms with E-state index in [1.54, 1.807) is 6.07 Å². The lowest BCUT2D eigenvalue weighted by Gasteiger charge is -2.26. The Bertz CT molecular complexity index is 1500. The molecule has 0 amide bonds. The molecule has 4 rings (SSSR count). The molecule has 1 aromatic carbocycles. The summed E-state index contributed by atoms with van der Waals surface area (Å²) in [6, 6.07) is 4.49. The van der Waals surface area contributed by atoms with Gasteiger partial charge in [-0.05, 0) is 31.5 Å². The highest BCUT2D eigenvalue weighted by Crippen LogP contribution is 2.39. The highest BCUT2D eigenvalue weighted by atomic mass is 35.5. The Morgan fingerprint density at radius 1 is 1.16 bits per heavy atom. The topological polar surface area (TPSA) is 128 Å². The summed E-state index contributed by atoms with van der Waals surface area (Å²) in [7, 11) is -2.44. The maximum atomic E-state index is 13.1. The number of nitrogens with one attached hydrogen (secondary N) is 2. The largest absolute Gasteiger partial charge is 0.493 e. The number of halogens is 1. The van der Waals surface area contributed by atoms with E-state index in [0.717, 1.165) is 17.7 Å². The van der Waals surface area contributed by atoms with Gasteiger partial charge in [-0.2, -0.15) is 0 Å². The number of fused-ring (bicyclic) bond motifs is 1. The molecule has 0 saturated carbocycles. The van der Waals surface area contributed by atoms with Gasteiger partial charge in [-0.25, -0.2) is 17.9 Å². The number of sulfonamides is 1. The van der Waals surface area contributed by atoms with Gasteiger partial charge in [0.25, 0.3) is 5.56 Å². The lowest BCUT2D eigenvalue weighted by atomic mass is 10.1. The molecule has 11 nitrogen and oxygen atoms in total. The van der Waals surface area contributed by atoms with Crippen molar-refractivity contribution in [1.82, 2.24) is 23.7 Å². The zero-order valence-corrected chi connectivity index (χ0v) is 22.7. The van der Waals surface area contributed by atoms with Crippen LogP contribution >= 0.6 is 11.6 Å². The van der Waals surface area contributed by atoms with Crippen LogP contribution in [-0.2, 0) is 28.4 Å². The molecule has 0 atom stereocenters. The van der Waals surface area contributed by atoms with Gasteiger partial charge in [0.05, 0.1) is 40.9 Å². The normalized spacial score (nSPS) is 14.9. The average Bonchev–Trinajstić information content (AvgIpc) is 3.23. The first-order chi connectivity index (χ1) is 17.7. The molecule has 0 spiro atoms. The number of hydrogen-bond acceptors (Lipinski definition) is 7. The van der Waals surface area contributed by atoms with Gasteiger partial charge in [0, 0.05) is 45.3 Å². The van der Waals surface area contributed by atoms with Crippen molar-refractivity contribution in [2.45, 2.75) is 31.7 Å². The average molecular weight is 554 g/mol. The van der Waals surface area contributed by atoms with Gasteiger partial charge in [-0.15, -0.1) is 0 Å². The number of rotatable bonds is 10. The molecule has 1 aliphatic rings. The van der Waals surface area contributed by atoms with Crippen LogP contribution in [0.25, 0.3) is 22.3 Å². The van der Waals surface area contributed by atoms with Crippen molar-refractivity contribution in [1.29, 1.82) is 0 Å². The second kappa shape index (κ2) is 11.4. The summed E-state index contributed by atoms with van der Waals surface area (Å²) < 4.78 is 42.5. The number of hydrogen-bond donors (Lipinski definition) is 2. The highest BCUT2D eigenvalue weighted by Gasteiger charge is 2.24. The highest BCUT2D eigenvalue weighted by molar-refractivity contribution is 7.89. The summed E-state index contributed by atoms with van der Waals surface area (Å²) in [5, 5.41) is 0.147. The number of H-pyrrole nitrogens is 1. The molecule has 2 aromatic heterocycles. The molecule has 0 radical (unpaired) electrons. The van der Waals surface area contributed by atoms with Crippen LogP contribution < -0.4 is 20.7 Å². The first-order valence-corrected chi connectivity index (χ1v) is 14.1. The molecule has 0 bridgehead atoms. The minimum absolute atomic E-state index is 0.0292. The molecular weight excluding hydrogens is 522 g/mol. The third kappa shape index (κ3) is 5.48. The summed E-state index contributed by atoms with van der Waals surface area (Å²) in [5.41, 5.74) is 0.125. The molecule has 1 saturated heterocycles. The molecule has 0 aliphatic carbocycles. The Hall–Kier alpha value is -2.64. The number of morpholine rings is 1. The van der Waals surface area contributed by atoms with Crippen molar-refractivity contribution in [2.24, 2.45) is 7.05 Å². The molecule has 1 aliphatic heterocycles. The molecule has 37 heavy (non-hydrogen) atoms. The van der Waals surface area contributed by atoms with Crippen LogP contribution in [-0.4, -0.2) is 73.4 Å². The zero-order valence-electron chi connectivity index (χ0n) is 21.2. The van der Waals surface area contributed by atoms with Crippen molar-refractivity contribution in [3.05, 3.63) is 44.1 Å². The summed E-state index contributed by atoms with van der Waals surface area (Å²) in [5.74, 6) is 0.393. The molecule has 13 heteroatoms. The maximum Gasteiger partial charge on any atom is 0.331 e. The third-order valence-electron chi connectivity index (χ3n) is 6.32. The van der Waals surface area contributed by atoms with Crippen LogP contribution in [0.4, 0.5) is 0 Å². The molecule has 202 valence electrons. The minimum atomic E-state index is -3.85. The quantitative estimate of drug-likeness (QED) is 0.391. The Morgan fingerprint density at radius 3 is 2.57 bits per heavy atom. The van der Waals surface area contributed by atoms with E-state index in [2.05, 4.69) is 14.6 Å². The van der Waals surface area contributed by atoms with Gasteiger partial charge in [0.15, 0.2) is 0 Å². The van der Waals surface area contributed by atoms with Crippen LogP contribution in [0.3, 0.4) is 0 Å². The predicted molar refractivity (Wildman–Crippen MR) is 142 cm³/mol. The second-order valence-electron chi connectivity index (χ2n) is 8.78. The Labute approximate surface area is 220 Å². The number of ether oxygens (including phenoxy) is 2. The van der Waals surface area contributed by atoms with E-state index in [9.17, 15) is 18.0 Å². The van der Waals surface area contributed by atoms with E-state index in [0.29, 0.717) is 56.3 Å². The van der Waals surface area contributed by atoms with Gasteiger partial charge in [0.1, 0.15) is 11.3 Å². The molecule has 1 fully saturated rings. The number of aryl methyl sites for hydroxylation is 1. The van der Waals surface area contributed by atoms with Crippen molar-refractivity contribution < 1.29 is 17.9 Å². The van der Waals surface area contributed by atoms with Crippen LogP contribution in [0.5, 0.6) is 5.75 Å². The molecule has 3 heterocycles. The monoisotopic (exact) mass is 553 g/mol. The van der Waals surface area contributed by atoms with Crippen LogP contribution in [0.2, 0.25) is 5.02 Å². The first kappa shape index (κ1) is 27.4. The van der Waals surface area contributed by atoms with E-state index in [-0.39, 0.29) is 27.5 Å². The Kier molecular flexibility index (Phi) is 8.44. The van der Waals surface area contributed by atoms with Crippen LogP contribution in [0.1, 0.15) is 20.3 Å². The number of benzene rings is 1. The van der Waals surface area contributed by atoms with Gasteiger partial charge >= 0.3 is 5.69 Å². The van der Waals surface area contributed by atoms with Crippen molar-refractivity contribution in [2.75, 3.05) is 46.0 Å². The molecular formula is C24H32ClN5O6S. The second-order valence-corrected chi connectivity index (χ2v) is 10.9. The van der Waals surface area contributed by atoms with Crippen molar-refractivity contribution >= 4 is 32.7 Å². The Morgan fingerprint density at radius 2 is 1.89 bits per heavy atom. The molecule has 2 N–H and O–H groups in total. The van der Waals surface area contributed by atoms with Crippen molar-refractivity contribution in [3.63, 3.8) is 0 Å². The van der Waals surface area contributed by atoms with E-state index >= 15 is 0 Å². The van der Waals surface area contributed by atoms with Gasteiger partial charge in [0.2, 0.25) is 10.0 Å². The number of aromatic amines is 1. The summed E-state index contributed by atoms with van der Waals surface area (Å²) in [6.07, 6.45) is 0.651. The fraction of sp³-hybridized carbons (Fsp3) is 0.500. The van der Waals surface area contributed by atoms with E-state index in [4.69, 9.17) is 21.1 Å². The maximum absolute atomic E-state index is 13.1. The zero-order chi connectivity index (χ0) is 26.7. The molecule has 3 aromatic rings. The predicted octanol–water partition coefficient (Wildman–Crippen LogP) is 1.77. The fourth-order valence-corrected chi connectivity index (χ4v) is 5.81. The summed E-state index contributed by atoms with van der Waals surface area (Å²) in [6.45, 7) is 8.02. The van der Waals surface area contributed by atoms with E-state index < -0.39 is 21.3 Å². The van der Waals surface area contributed by atoms with Crippen molar-refractivity contribution in [3.8, 4) is 17.0 Å². The summed E-state index contributed by atoms with van der Waals surface area (Å²) in [4.78, 5) is 30.9. The fourth-order valence-electron chi connectivity index (χ4n) is 4.42. The lowest BCUT2D eigenvalue weighted by Crippen LogP contribution is -2.41. The smallest absolute Gasteiger partial charge is 0.331 e. The van der Waals surface area contributed by atoms with E-state index in [1.165, 1.54) is 23.7 Å². The third-order valence-corrected chi connectivity index (χ3v) is 8.15. The molecule has 0 unspecified atom stereocenters. The van der Waals surface area contributed by atoms with E-state index in [1.807, 2.05) is 13.8 Å². The lowest BCUT2D eigenvalue weighted by molar-refractivity contribution is 0.0390. The first-order valence-electron chi connectivity index (χ1n) is 12.3. The summed E-state index contributed by atoms with van der Waals surface area (Å²) >= 11 is 6.76. The SMILES string of the molecule is CCCn1c(=O)n(C)c(=O)c2[nH]c(-c3cc(S(=O)(=O)NCCN4CCOCC4)ccc3OCC)c(Cl)c21. The van der Waals surface area contributed by atoms with Gasteiger partial charge in [-0.1, -0.05) is 18.5 Å². The number of aromatic nitrogens is 3. The number of nitrogens with zero attached hydrogens (tertiary/aromatic N) is 3. The van der Waals surface area contributed by atoms with Gasteiger partial charge < -0.3 is 14.5 Å².